The van der Waals surface area contributed by atoms with Crippen LogP contribution in [-0.2, 0) is 6.42 Å². The summed E-state index contributed by atoms with van der Waals surface area (Å²) in [6.07, 6.45) is 2.47. The Morgan fingerprint density at radius 3 is 2.81 bits per heavy atom. The van der Waals surface area contributed by atoms with Crippen molar-refractivity contribution in [1.82, 2.24) is 4.98 Å². The first-order valence-corrected chi connectivity index (χ1v) is 8.97. The van der Waals surface area contributed by atoms with E-state index in [2.05, 4.69) is 16.4 Å². The molecule has 0 saturated heterocycles. The molecular weight excluding hydrogens is 346 g/mol. The van der Waals surface area contributed by atoms with Crippen LogP contribution in [0.3, 0.4) is 0 Å². The van der Waals surface area contributed by atoms with Crippen molar-refractivity contribution >= 4 is 22.4 Å². The minimum Gasteiger partial charge on any atom is -0.494 e. The summed E-state index contributed by atoms with van der Waals surface area (Å²) in [6, 6.07) is 16.6. The van der Waals surface area contributed by atoms with Crippen LogP contribution in [0.5, 0.6) is 5.75 Å². The summed E-state index contributed by atoms with van der Waals surface area (Å²) in [5.74, 6) is 0.451. The van der Waals surface area contributed by atoms with E-state index >= 15 is 0 Å². The lowest BCUT2D eigenvalue weighted by molar-refractivity contribution is 0.102. The van der Waals surface area contributed by atoms with Gasteiger partial charge in [-0.05, 0) is 42.8 Å². The van der Waals surface area contributed by atoms with Gasteiger partial charge < -0.3 is 4.74 Å². The third-order valence-corrected chi connectivity index (χ3v) is 4.56. The van der Waals surface area contributed by atoms with Crippen LogP contribution in [-0.4, -0.2) is 17.5 Å². The molecule has 5 nitrogen and oxygen atoms in total. The molecule has 1 amide bonds. The summed E-state index contributed by atoms with van der Waals surface area (Å²) in [6.45, 7) is 2.45. The van der Waals surface area contributed by atoms with Gasteiger partial charge in [0.05, 0.1) is 18.2 Å². The van der Waals surface area contributed by atoms with Crippen LogP contribution >= 0.6 is 11.3 Å². The summed E-state index contributed by atoms with van der Waals surface area (Å²) in [5.41, 5.74) is 2.26. The summed E-state index contributed by atoms with van der Waals surface area (Å²) >= 11 is 1.44. The van der Waals surface area contributed by atoms with E-state index in [4.69, 9.17) is 10.00 Å². The fraction of sp³-hybridized carbons (Fsp3) is 0.150. The van der Waals surface area contributed by atoms with Gasteiger partial charge in [0.15, 0.2) is 5.13 Å². The van der Waals surface area contributed by atoms with Crippen molar-refractivity contribution in [3.05, 3.63) is 76.3 Å². The molecule has 0 aliphatic rings. The zero-order valence-corrected chi connectivity index (χ0v) is 15.0. The Morgan fingerprint density at radius 2 is 2.08 bits per heavy atom. The molecule has 6 heteroatoms. The molecule has 0 fully saturated rings. The SMILES string of the molecule is CCOc1cccc(C(=O)Nc2ncc(Cc3ccc(C#N)cc3)s2)c1. The number of carbonyl (C=O) groups excluding carboxylic acids is 1. The Balaban J connectivity index is 1.65. The van der Waals surface area contributed by atoms with E-state index in [9.17, 15) is 4.79 Å². The zero-order valence-electron chi connectivity index (χ0n) is 14.2. The fourth-order valence-corrected chi connectivity index (χ4v) is 3.25. The van der Waals surface area contributed by atoms with Crippen molar-refractivity contribution in [2.75, 3.05) is 11.9 Å². The van der Waals surface area contributed by atoms with Crippen molar-refractivity contribution in [2.45, 2.75) is 13.3 Å². The molecule has 1 N–H and O–H groups in total. The highest BCUT2D eigenvalue weighted by Crippen LogP contribution is 2.22. The number of amides is 1. The Bertz CT molecular complexity index is 942. The number of thiazole rings is 1. The van der Waals surface area contributed by atoms with Crippen LogP contribution in [0.2, 0.25) is 0 Å². The molecule has 26 heavy (non-hydrogen) atoms. The third-order valence-electron chi connectivity index (χ3n) is 3.64. The number of nitrogens with one attached hydrogen (secondary N) is 1. The van der Waals surface area contributed by atoms with E-state index in [1.807, 2.05) is 25.1 Å². The second-order valence-electron chi connectivity index (χ2n) is 5.53. The molecule has 1 aromatic heterocycles. The topological polar surface area (TPSA) is 75.0 Å². The predicted molar refractivity (Wildman–Crippen MR) is 102 cm³/mol. The van der Waals surface area contributed by atoms with Crippen LogP contribution in [0.15, 0.2) is 54.7 Å². The number of benzene rings is 2. The van der Waals surface area contributed by atoms with E-state index in [-0.39, 0.29) is 5.91 Å². The molecule has 0 unspecified atom stereocenters. The molecule has 1 heterocycles. The van der Waals surface area contributed by atoms with Crippen molar-refractivity contribution in [3.63, 3.8) is 0 Å². The maximum Gasteiger partial charge on any atom is 0.257 e. The first-order valence-electron chi connectivity index (χ1n) is 8.16. The van der Waals surface area contributed by atoms with Gasteiger partial charge in [-0.25, -0.2) is 4.98 Å². The first-order chi connectivity index (χ1) is 12.7. The Hall–Kier alpha value is -3.17. The number of hydrogen-bond donors (Lipinski definition) is 1. The number of aromatic nitrogens is 1. The molecule has 0 aliphatic heterocycles. The van der Waals surface area contributed by atoms with Gasteiger partial charge in [0.1, 0.15) is 5.75 Å². The average Bonchev–Trinajstić information content (AvgIpc) is 3.09. The van der Waals surface area contributed by atoms with Gasteiger partial charge in [-0.15, -0.1) is 11.3 Å². The van der Waals surface area contributed by atoms with Crippen LogP contribution in [0.4, 0.5) is 5.13 Å². The number of nitriles is 1. The van der Waals surface area contributed by atoms with E-state index in [0.29, 0.717) is 35.0 Å². The molecule has 0 spiro atoms. The monoisotopic (exact) mass is 363 g/mol. The van der Waals surface area contributed by atoms with Crippen LogP contribution in [0, 0.1) is 11.3 Å². The van der Waals surface area contributed by atoms with E-state index < -0.39 is 0 Å². The standard InChI is InChI=1S/C20H17N3O2S/c1-2-25-17-5-3-4-16(11-17)19(24)23-20-22-13-18(26-20)10-14-6-8-15(12-21)9-7-14/h3-9,11,13H,2,10H2,1H3,(H,22,23,24). The molecule has 0 saturated carbocycles. The quantitative estimate of drug-likeness (QED) is 0.710. The number of anilines is 1. The molecule has 130 valence electrons. The molecule has 3 aromatic rings. The lowest BCUT2D eigenvalue weighted by Gasteiger charge is -2.05. The zero-order chi connectivity index (χ0) is 18.4. The second-order valence-corrected chi connectivity index (χ2v) is 6.65. The van der Waals surface area contributed by atoms with Gasteiger partial charge in [-0.1, -0.05) is 18.2 Å². The number of hydrogen-bond acceptors (Lipinski definition) is 5. The number of rotatable bonds is 6. The minimum atomic E-state index is -0.217. The largest absolute Gasteiger partial charge is 0.494 e. The van der Waals surface area contributed by atoms with Crippen molar-refractivity contribution in [2.24, 2.45) is 0 Å². The highest BCUT2D eigenvalue weighted by Gasteiger charge is 2.10. The van der Waals surface area contributed by atoms with Gasteiger partial charge in [-0.2, -0.15) is 5.26 Å². The molecule has 0 atom stereocenters. The molecular formula is C20H17N3O2S. The van der Waals surface area contributed by atoms with Gasteiger partial charge in [0.2, 0.25) is 0 Å². The Kier molecular flexibility index (Phi) is 5.62. The molecule has 0 bridgehead atoms. The Labute approximate surface area is 155 Å². The summed E-state index contributed by atoms with van der Waals surface area (Å²) in [4.78, 5) is 17.7. The Morgan fingerprint density at radius 1 is 1.27 bits per heavy atom. The van der Waals surface area contributed by atoms with Gasteiger partial charge in [-0.3, -0.25) is 10.1 Å². The maximum absolute atomic E-state index is 12.4. The van der Waals surface area contributed by atoms with Crippen LogP contribution in [0.1, 0.15) is 33.3 Å². The summed E-state index contributed by atoms with van der Waals surface area (Å²) < 4.78 is 5.42. The van der Waals surface area contributed by atoms with E-state index in [0.717, 1.165) is 10.4 Å². The third kappa shape index (κ3) is 4.47. The van der Waals surface area contributed by atoms with Crippen molar-refractivity contribution in [3.8, 4) is 11.8 Å². The highest BCUT2D eigenvalue weighted by atomic mass is 32.1. The predicted octanol–water partition coefficient (Wildman–Crippen LogP) is 4.26. The number of nitrogens with zero attached hydrogens (tertiary/aromatic N) is 2. The van der Waals surface area contributed by atoms with Crippen LogP contribution in [0.25, 0.3) is 0 Å². The number of ether oxygens (including phenoxy) is 1. The summed E-state index contributed by atoms with van der Waals surface area (Å²) in [5, 5.41) is 12.2. The molecule has 0 radical (unpaired) electrons. The molecule has 3 rings (SSSR count). The van der Waals surface area contributed by atoms with Crippen molar-refractivity contribution < 1.29 is 9.53 Å². The van der Waals surface area contributed by atoms with Gasteiger partial charge in [0.25, 0.3) is 5.91 Å². The second kappa shape index (κ2) is 8.28. The lowest BCUT2D eigenvalue weighted by Crippen LogP contribution is -2.11. The van der Waals surface area contributed by atoms with Crippen molar-refractivity contribution in [1.29, 1.82) is 5.26 Å². The number of carbonyl (C=O) groups is 1. The fourth-order valence-electron chi connectivity index (χ4n) is 2.41. The first kappa shape index (κ1) is 17.6. The highest BCUT2D eigenvalue weighted by molar-refractivity contribution is 7.15. The lowest BCUT2D eigenvalue weighted by atomic mass is 10.1. The van der Waals surface area contributed by atoms with E-state index in [1.54, 1.807) is 36.5 Å². The van der Waals surface area contributed by atoms with E-state index in [1.165, 1.54) is 11.3 Å². The smallest absolute Gasteiger partial charge is 0.257 e. The van der Waals surface area contributed by atoms with Gasteiger partial charge in [0, 0.05) is 23.1 Å². The van der Waals surface area contributed by atoms with Gasteiger partial charge >= 0.3 is 0 Å². The molecule has 2 aromatic carbocycles. The normalized spacial score (nSPS) is 10.2. The van der Waals surface area contributed by atoms with Crippen LogP contribution < -0.4 is 10.1 Å². The minimum absolute atomic E-state index is 0.217. The molecule has 0 aliphatic carbocycles. The average molecular weight is 363 g/mol. The maximum atomic E-state index is 12.4. The summed E-state index contributed by atoms with van der Waals surface area (Å²) in [7, 11) is 0.